The molecule has 1 N–H and O–H groups in total. The van der Waals surface area contributed by atoms with E-state index in [4.69, 9.17) is 4.98 Å². The lowest BCUT2D eigenvalue weighted by atomic mass is 9.95. The van der Waals surface area contributed by atoms with E-state index in [2.05, 4.69) is 6.07 Å². The Morgan fingerprint density at radius 1 is 0.783 bits per heavy atom. The summed E-state index contributed by atoms with van der Waals surface area (Å²) in [7, 11) is 0. The maximum atomic E-state index is 11.5. The average Bonchev–Trinajstić information content (AvgIpc) is 2.59. The van der Waals surface area contributed by atoms with Crippen LogP contribution in [0.1, 0.15) is 10.4 Å². The van der Waals surface area contributed by atoms with Crippen LogP contribution in [0, 0.1) is 0 Å². The third-order valence-corrected chi connectivity index (χ3v) is 4.01. The highest BCUT2D eigenvalue weighted by atomic mass is 16.4. The predicted octanol–water partition coefficient (Wildman–Crippen LogP) is 4.75. The van der Waals surface area contributed by atoms with Gasteiger partial charge in [-0.15, -0.1) is 0 Å². The van der Waals surface area contributed by atoms with Crippen LogP contribution in [0.3, 0.4) is 0 Å². The molecule has 0 bridgehead atoms. The van der Waals surface area contributed by atoms with Gasteiger partial charge >= 0.3 is 5.97 Å². The number of hydrogen-bond donors (Lipinski definition) is 1. The quantitative estimate of drug-likeness (QED) is 0.543. The monoisotopic (exact) mass is 299 g/mol. The number of fused-ring (bicyclic) bond motifs is 2. The highest BCUT2D eigenvalue weighted by Gasteiger charge is 2.13. The molecule has 0 unspecified atom stereocenters. The zero-order valence-electron chi connectivity index (χ0n) is 12.2. The Balaban J connectivity index is 2.08. The third-order valence-electron chi connectivity index (χ3n) is 4.01. The van der Waals surface area contributed by atoms with E-state index >= 15 is 0 Å². The van der Waals surface area contributed by atoms with Crippen molar-refractivity contribution in [3.8, 4) is 11.1 Å². The van der Waals surface area contributed by atoms with Gasteiger partial charge in [-0.05, 0) is 35.4 Å². The predicted molar refractivity (Wildman–Crippen MR) is 91.6 cm³/mol. The fourth-order valence-corrected chi connectivity index (χ4v) is 2.94. The number of pyridine rings is 1. The summed E-state index contributed by atoms with van der Waals surface area (Å²) in [5.41, 5.74) is 3.69. The number of aromatic nitrogens is 1. The fourth-order valence-electron chi connectivity index (χ4n) is 2.94. The first-order valence-electron chi connectivity index (χ1n) is 7.35. The van der Waals surface area contributed by atoms with E-state index in [9.17, 15) is 9.90 Å². The van der Waals surface area contributed by atoms with Gasteiger partial charge in [-0.25, -0.2) is 9.78 Å². The molecule has 0 fully saturated rings. The van der Waals surface area contributed by atoms with E-state index in [0.29, 0.717) is 11.1 Å². The molecule has 1 heterocycles. The van der Waals surface area contributed by atoms with Gasteiger partial charge in [0.2, 0.25) is 0 Å². The van der Waals surface area contributed by atoms with Gasteiger partial charge in [0.05, 0.1) is 16.6 Å². The summed E-state index contributed by atoms with van der Waals surface area (Å²) in [6.45, 7) is 0. The lowest BCUT2D eigenvalue weighted by Gasteiger charge is -2.10. The van der Waals surface area contributed by atoms with Gasteiger partial charge in [-0.2, -0.15) is 0 Å². The first-order valence-corrected chi connectivity index (χ1v) is 7.35. The SMILES string of the molecule is O=C(O)c1ccccc1-c1cccc2nc3ccccc3cc12. The van der Waals surface area contributed by atoms with E-state index in [1.54, 1.807) is 12.1 Å². The minimum absolute atomic E-state index is 0.299. The Labute approximate surface area is 132 Å². The summed E-state index contributed by atoms with van der Waals surface area (Å²) >= 11 is 0. The Kier molecular flexibility index (Phi) is 3.05. The van der Waals surface area contributed by atoms with Crippen molar-refractivity contribution >= 4 is 27.8 Å². The topological polar surface area (TPSA) is 50.2 Å². The lowest BCUT2D eigenvalue weighted by Crippen LogP contribution is -1.99. The zero-order valence-corrected chi connectivity index (χ0v) is 12.2. The van der Waals surface area contributed by atoms with Crippen molar-refractivity contribution < 1.29 is 9.90 Å². The molecule has 0 saturated heterocycles. The number of para-hydroxylation sites is 1. The number of rotatable bonds is 2. The smallest absolute Gasteiger partial charge is 0.336 e. The molecule has 0 spiro atoms. The standard InChI is InChI=1S/C20H13NO2/c22-20(23)16-8-3-2-7-14(16)15-9-5-11-19-17(15)12-13-6-1-4-10-18(13)21-19/h1-12H,(H,22,23). The molecule has 0 aliphatic heterocycles. The minimum Gasteiger partial charge on any atom is -0.478 e. The molecule has 0 aliphatic carbocycles. The maximum Gasteiger partial charge on any atom is 0.336 e. The number of carbonyl (C=O) groups is 1. The van der Waals surface area contributed by atoms with Crippen LogP contribution in [0.25, 0.3) is 32.9 Å². The number of benzene rings is 3. The Hall–Kier alpha value is -3.20. The molecule has 4 rings (SSSR count). The molecular formula is C20H13NO2. The van der Waals surface area contributed by atoms with Crippen molar-refractivity contribution in [3.63, 3.8) is 0 Å². The molecular weight excluding hydrogens is 286 g/mol. The number of nitrogens with zero attached hydrogens (tertiary/aromatic N) is 1. The van der Waals surface area contributed by atoms with Gasteiger partial charge in [0.15, 0.2) is 0 Å². The van der Waals surface area contributed by atoms with E-state index in [1.807, 2.05) is 54.6 Å². The second-order valence-corrected chi connectivity index (χ2v) is 5.40. The van der Waals surface area contributed by atoms with Crippen LogP contribution in [0.2, 0.25) is 0 Å². The van der Waals surface area contributed by atoms with Gasteiger partial charge < -0.3 is 5.11 Å². The summed E-state index contributed by atoms with van der Waals surface area (Å²) in [6.07, 6.45) is 0. The molecule has 3 heteroatoms. The van der Waals surface area contributed by atoms with Crippen LogP contribution in [-0.2, 0) is 0 Å². The van der Waals surface area contributed by atoms with Crippen molar-refractivity contribution in [2.45, 2.75) is 0 Å². The average molecular weight is 299 g/mol. The van der Waals surface area contributed by atoms with Crippen LogP contribution < -0.4 is 0 Å². The highest BCUT2D eigenvalue weighted by molar-refractivity contribution is 6.05. The second kappa shape index (κ2) is 5.21. The summed E-state index contributed by atoms with van der Waals surface area (Å²) in [4.78, 5) is 16.2. The van der Waals surface area contributed by atoms with Crippen LogP contribution >= 0.6 is 0 Å². The molecule has 3 aromatic carbocycles. The van der Waals surface area contributed by atoms with Crippen LogP contribution in [-0.4, -0.2) is 16.1 Å². The normalized spacial score (nSPS) is 11.0. The first kappa shape index (κ1) is 13.5. The molecule has 0 radical (unpaired) electrons. The minimum atomic E-state index is -0.925. The van der Waals surface area contributed by atoms with E-state index < -0.39 is 5.97 Å². The molecule has 0 amide bonds. The van der Waals surface area contributed by atoms with Crippen LogP contribution in [0.5, 0.6) is 0 Å². The molecule has 110 valence electrons. The largest absolute Gasteiger partial charge is 0.478 e. The fraction of sp³-hybridized carbons (Fsp3) is 0. The maximum absolute atomic E-state index is 11.5. The van der Waals surface area contributed by atoms with Crippen LogP contribution in [0.15, 0.2) is 72.8 Å². The molecule has 1 aromatic heterocycles. The number of hydrogen-bond acceptors (Lipinski definition) is 2. The van der Waals surface area contributed by atoms with Crippen molar-refractivity contribution in [2.24, 2.45) is 0 Å². The van der Waals surface area contributed by atoms with Crippen LogP contribution in [0.4, 0.5) is 0 Å². The lowest BCUT2D eigenvalue weighted by molar-refractivity contribution is 0.0698. The van der Waals surface area contributed by atoms with Gasteiger partial charge in [0.1, 0.15) is 0 Å². The molecule has 23 heavy (non-hydrogen) atoms. The summed E-state index contributed by atoms with van der Waals surface area (Å²) in [6, 6.07) is 22.9. The second-order valence-electron chi connectivity index (χ2n) is 5.40. The summed E-state index contributed by atoms with van der Waals surface area (Å²) in [5, 5.41) is 11.5. The van der Waals surface area contributed by atoms with Crippen molar-refractivity contribution in [1.29, 1.82) is 0 Å². The zero-order chi connectivity index (χ0) is 15.8. The van der Waals surface area contributed by atoms with E-state index in [0.717, 1.165) is 27.4 Å². The van der Waals surface area contributed by atoms with E-state index in [1.165, 1.54) is 0 Å². The molecule has 0 saturated carbocycles. The van der Waals surface area contributed by atoms with E-state index in [-0.39, 0.29) is 0 Å². The Bertz CT molecular complexity index is 1050. The van der Waals surface area contributed by atoms with Gasteiger partial charge in [0.25, 0.3) is 0 Å². The Morgan fingerprint density at radius 2 is 1.48 bits per heavy atom. The third kappa shape index (κ3) is 2.23. The van der Waals surface area contributed by atoms with Crippen molar-refractivity contribution in [2.75, 3.05) is 0 Å². The molecule has 0 aliphatic rings. The number of carboxylic acids is 1. The van der Waals surface area contributed by atoms with Gasteiger partial charge in [-0.3, -0.25) is 0 Å². The summed E-state index contributed by atoms with van der Waals surface area (Å²) in [5.74, 6) is -0.925. The summed E-state index contributed by atoms with van der Waals surface area (Å²) < 4.78 is 0. The number of aromatic carboxylic acids is 1. The highest BCUT2D eigenvalue weighted by Crippen LogP contribution is 2.32. The van der Waals surface area contributed by atoms with Gasteiger partial charge in [0, 0.05) is 10.8 Å². The van der Waals surface area contributed by atoms with Crippen molar-refractivity contribution in [3.05, 3.63) is 78.4 Å². The first-order chi connectivity index (χ1) is 11.2. The molecule has 0 atom stereocenters. The van der Waals surface area contributed by atoms with Gasteiger partial charge in [-0.1, -0.05) is 48.5 Å². The molecule has 4 aromatic rings. The molecule has 3 nitrogen and oxygen atoms in total. The van der Waals surface area contributed by atoms with Crippen molar-refractivity contribution in [1.82, 2.24) is 4.98 Å². The Morgan fingerprint density at radius 3 is 2.35 bits per heavy atom. The number of carboxylic acid groups (broad SMARTS) is 1.